The first kappa shape index (κ1) is 12.7. The highest BCUT2D eigenvalue weighted by Crippen LogP contribution is 2.27. The van der Waals surface area contributed by atoms with Gasteiger partial charge in [-0.15, -0.1) is 5.10 Å². The second-order valence-electron chi connectivity index (χ2n) is 5.87. The molecule has 2 aromatic heterocycles. The summed E-state index contributed by atoms with van der Waals surface area (Å²) in [4.78, 5) is 25.2. The molecule has 4 rings (SSSR count). The lowest BCUT2D eigenvalue weighted by molar-refractivity contribution is 0.0615. The minimum absolute atomic E-state index is 0.0893. The second kappa shape index (κ2) is 4.77. The molecule has 3 heterocycles. The van der Waals surface area contributed by atoms with Gasteiger partial charge in [0.05, 0.1) is 0 Å². The van der Waals surface area contributed by atoms with Crippen LogP contribution in [0.25, 0.3) is 5.78 Å². The van der Waals surface area contributed by atoms with Gasteiger partial charge in [0.25, 0.3) is 11.7 Å². The molecule has 0 atom stereocenters. The quantitative estimate of drug-likeness (QED) is 0.797. The molecule has 1 saturated carbocycles. The van der Waals surface area contributed by atoms with E-state index in [4.69, 9.17) is 0 Å². The van der Waals surface area contributed by atoms with Crippen LogP contribution in [-0.2, 0) is 0 Å². The summed E-state index contributed by atoms with van der Waals surface area (Å²) in [6, 6.07) is 0.766. The van der Waals surface area contributed by atoms with Crippen molar-refractivity contribution in [3.05, 3.63) is 23.8 Å². The van der Waals surface area contributed by atoms with Crippen molar-refractivity contribution >= 4 is 11.7 Å². The van der Waals surface area contributed by atoms with Crippen LogP contribution in [0.5, 0.6) is 0 Å². The van der Waals surface area contributed by atoms with E-state index in [1.54, 1.807) is 10.7 Å². The van der Waals surface area contributed by atoms with E-state index in [9.17, 15) is 4.79 Å². The van der Waals surface area contributed by atoms with Gasteiger partial charge in [0, 0.05) is 44.6 Å². The highest BCUT2D eigenvalue weighted by Gasteiger charge is 2.33. The zero-order chi connectivity index (χ0) is 14.4. The Hall–Kier alpha value is -2.02. The standard InChI is InChI=1S/C14H18N6O/c1-10-8-15-14-16-12(17-20(14)9-10)13(21)19-6-4-18(5-7-19)11-2-3-11/h8-9,11H,2-7H2,1H3. The molecule has 0 bridgehead atoms. The molecule has 2 aliphatic rings. The van der Waals surface area contributed by atoms with Gasteiger partial charge in [-0.3, -0.25) is 9.69 Å². The Morgan fingerprint density at radius 1 is 1.24 bits per heavy atom. The molecule has 110 valence electrons. The monoisotopic (exact) mass is 286 g/mol. The maximum Gasteiger partial charge on any atom is 0.293 e. The van der Waals surface area contributed by atoms with Crippen molar-refractivity contribution in [2.75, 3.05) is 26.2 Å². The summed E-state index contributed by atoms with van der Waals surface area (Å²) >= 11 is 0. The molecule has 7 heteroatoms. The fourth-order valence-corrected chi connectivity index (χ4v) is 2.84. The molecule has 1 amide bonds. The van der Waals surface area contributed by atoms with Gasteiger partial charge in [0.2, 0.25) is 5.82 Å². The molecule has 0 unspecified atom stereocenters. The van der Waals surface area contributed by atoms with Gasteiger partial charge in [0.15, 0.2) is 0 Å². The van der Waals surface area contributed by atoms with Crippen molar-refractivity contribution in [1.29, 1.82) is 0 Å². The van der Waals surface area contributed by atoms with Crippen LogP contribution in [-0.4, -0.2) is 67.5 Å². The Balaban J connectivity index is 1.50. The molecular weight excluding hydrogens is 268 g/mol. The number of carbonyl (C=O) groups excluding carboxylic acids is 1. The maximum absolute atomic E-state index is 12.5. The predicted octanol–water partition coefficient (Wildman–Crippen LogP) is 0.353. The zero-order valence-corrected chi connectivity index (χ0v) is 12.1. The van der Waals surface area contributed by atoms with E-state index < -0.39 is 0 Å². The first-order chi connectivity index (χ1) is 10.2. The molecule has 21 heavy (non-hydrogen) atoms. The van der Waals surface area contributed by atoms with Gasteiger partial charge in [-0.1, -0.05) is 0 Å². The van der Waals surface area contributed by atoms with Crippen LogP contribution in [0.3, 0.4) is 0 Å². The highest BCUT2D eigenvalue weighted by atomic mass is 16.2. The van der Waals surface area contributed by atoms with Crippen molar-refractivity contribution < 1.29 is 4.79 Å². The van der Waals surface area contributed by atoms with Crippen LogP contribution < -0.4 is 0 Å². The van der Waals surface area contributed by atoms with Crippen LogP contribution >= 0.6 is 0 Å². The molecule has 2 fully saturated rings. The zero-order valence-electron chi connectivity index (χ0n) is 12.1. The van der Waals surface area contributed by atoms with Crippen LogP contribution in [0.4, 0.5) is 0 Å². The van der Waals surface area contributed by atoms with Gasteiger partial charge in [-0.05, 0) is 25.3 Å². The Kier molecular flexibility index (Phi) is 2.88. The van der Waals surface area contributed by atoms with E-state index in [1.807, 2.05) is 18.0 Å². The Bertz CT molecular complexity index is 684. The number of hydrogen-bond acceptors (Lipinski definition) is 5. The fourth-order valence-electron chi connectivity index (χ4n) is 2.84. The summed E-state index contributed by atoms with van der Waals surface area (Å²) < 4.78 is 1.57. The number of rotatable bonds is 2. The minimum atomic E-state index is -0.0893. The average Bonchev–Trinajstić information content (AvgIpc) is 3.26. The summed E-state index contributed by atoms with van der Waals surface area (Å²) in [5, 5.41) is 4.25. The lowest BCUT2D eigenvalue weighted by Crippen LogP contribution is -2.49. The lowest BCUT2D eigenvalue weighted by atomic mass is 10.3. The van der Waals surface area contributed by atoms with Gasteiger partial charge < -0.3 is 4.90 Å². The van der Waals surface area contributed by atoms with E-state index in [0.29, 0.717) is 5.78 Å². The van der Waals surface area contributed by atoms with Crippen LogP contribution in [0.1, 0.15) is 29.0 Å². The van der Waals surface area contributed by atoms with Gasteiger partial charge >= 0.3 is 0 Å². The number of amides is 1. The molecule has 1 aliphatic heterocycles. The van der Waals surface area contributed by atoms with E-state index in [0.717, 1.165) is 37.8 Å². The largest absolute Gasteiger partial charge is 0.333 e. The van der Waals surface area contributed by atoms with E-state index in [2.05, 4.69) is 20.0 Å². The summed E-state index contributed by atoms with van der Waals surface area (Å²) in [6.45, 7) is 5.38. The van der Waals surface area contributed by atoms with Gasteiger partial charge in [-0.2, -0.15) is 4.98 Å². The average molecular weight is 286 g/mol. The van der Waals surface area contributed by atoms with Crippen molar-refractivity contribution in [2.45, 2.75) is 25.8 Å². The molecule has 0 spiro atoms. The first-order valence-electron chi connectivity index (χ1n) is 7.43. The Morgan fingerprint density at radius 2 is 2.00 bits per heavy atom. The molecule has 0 aromatic carbocycles. The minimum Gasteiger partial charge on any atom is -0.333 e. The van der Waals surface area contributed by atoms with Crippen LogP contribution in [0.15, 0.2) is 12.4 Å². The number of aromatic nitrogens is 4. The topological polar surface area (TPSA) is 66.6 Å². The number of fused-ring (bicyclic) bond motifs is 1. The maximum atomic E-state index is 12.5. The van der Waals surface area contributed by atoms with Crippen molar-refractivity contribution in [2.24, 2.45) is 0 Å². The summed E-state index contributed by atoms with van der Waals surface area (Å²) in [5.41, 5.74) is 0.990. The van der Waals surface area contributed by atoms with Crippen molar-refractivity contribution in [1.82, 2.24) is 29.4 Å². The summed E-state index contributed by atoms with van der Waals surface area (Å²) in [7, 11) is 0. The van der Waals surface area contributed by atoms with Gasteiger partial charge in [0.1, 0.15) is 0 Å². The number of aryl methyl sites for hydroxylation is 1. The SMILES string of the molecule is Cc1cnc2nc(C(=O)N3CCN(C4CC4)CC3)nn2c1. The normalized spacial score (nSPS) is 20.1. The third kappa shape index (κ3) is 2.37. The molecule has 7 nitrogen and oxygen atoms in total. The number of piperazine rings is 1. The van der Waals surface area contributed by atoms with E-state index in [1.165, 1.54) is 12.8 Å². The van der Waals surface area contributed by atoms with Crippen LogP contribution in [0, 0.1) is 6.92 Å². The number of carbonyl (C=O) groups is 1. The van der Waals surface area contributed by atoms with E-state index >= 15 is 0 Å². The Labute approximate surface area is 122 Å². The third-order valence-electron chi connectivity index (χ3n) is 4.18. The second-order valence-corrected chi connectivity index (χ2v) is 5.87. The van der Waals surface area contributed by atoms with Crippen molar-refractivity contribution in [3.63, 3.8) is 0 Å². The van der Waals surface area contributed by atoms with E-state index in [-0.39, 0.29) is 11.7 Å². The molecule has 1 aliphatic carbocycles. The first-order valence-corrected chi connectivity index (χ1v) is 7.43. The smallest absolute Gasteiger partial charge is 0.293 e. The highest BCUT2D eigenvalue weighted by molar-refractivity contribution is 5.91. The molecule has 1 saturated heterocycles. The van der Waals surface area contributed by atoms with Crippen LogP contribution in [0.2, 0.25) is 0 Å². The Morgan fingerprint density at radius 3 is 2.71 bits per heavy atom. The summed E-state index contributed by atoms with van der Waals surface area (Å²) in [6.07, 6.45) is 6.18. The lowest BCUT2D eigenvalue weighted by Gasteiger charge is -2.34. The molecule has 2 aromatic rings. The third-order valence-corrected chi connectivity index (χ3v) is 4.18. The summed E-state index contributed by atoms with van der Waals surface area (Å²) in [5.74, 6) is 0.627. The predicted molar refractivity (Wildman–Crippen MR) is 76.0 cm³/mol. The number of nitrogens with zero attached hydrogens (tertiary/aromatic N) is 6. The molecular formula is C14H18N6O. The number of hydrogen-bond donors (Lipinski definition) is 0. The van der Waals surface area contributed by atoms with Crippen molar-refractivity contribution in [3.8, 4) is 0 Å². The fraction of sp³-hybridized carbons (Fsp3) is 0.571. The van der Waals surface area contributed by atoms with Gasteiger partial charge in [-0.25, -0.2) is 9.50 Å². The molecule has 0 N–H and O–H groups in total. The molecule has 0 radical (unpaired) electrons.